The van der Waals surface area contributed by atoms with Crippen LogP contribution < -0.4 is 0 Å². The monoisotopic (exact) mass is 389 g/mol. The molecule has 1 rings (SSSR count). The second-order valence-corrected chi connectivity index (χ2v) is 4.32. The third kappa shape index (κ3) is 2.66. The van der Waals surface area contributed by atoms with E-state index in [1.165, 1.54) is 9.13 Å². The molecule has 0 saturated heterocycles. The molecule has 1 heterocycles. The van der Waals surface area contributed by atoms with Gasteiger partial charge in [-0.25, -0.2) is 0 Å². The van der Waals surface area contributed by atoms with E-state index in [9.17, 15) is 0 Å². The third-order valence-corrected chi connectivity index (χ3v) is 3.45. The standard InChI is InChI=1S/C7H6Br2IN/c8-2-5-4-11-6(3-9)1-7(5)10/h1,4H,2-3H2. The van der Waals surface area contributed by atoms with Gasteiger partial charge in [-0.3, -0.25) is 4.98 Å². The summed E-state index contributed by atoms with van der Waals surface area (Å²) in [4.78, 5) is 4.25. The van der Waals surface area contributed by atoms with E-state index in [-0.39, 0.29) is 0 Å². The number of alkyl halides is 2. The molecule has 0 aliphatic heterocycles. The molecule has 0 aromatic carbocycles. The van der Waals surface area contributed by atoms with Gasteiger partial charge in [0.15, 0.2) is 0 Å². The van der Waals surface area contributed by atoms with Crippen LogP contribution in [0.3, 0.4) is 0 Å². The number of nitrogens with zero attached hydrogens (tertiary/aromatic N) is 1. The molecule has 0 bridgehead atoms. The Morgan fingerprint density at radius 1 is 1.36 bits per heavy atom. The molecule has 0 atom stereocenters. The van der Waals surface area contributed by atoms with Crippen LogP contribution in [0.4, 0.5) is 0 Å². The zero-order valence-electron chi connectivity index (χ0n) is 5.65. The molecule has 0 aliphatic rings. The Morgan fingerprint density at radius 3 is 2.55 bits per heavy atom. The van der Waals surface area contributed by atoms with Gasteiger partial charge in [-0.05, 0) is 34.2 Å². The molecular weight excluding hydrogens is 385 g/mol. The molecule has 0 fully saturated rings. The van der Waals surface area contributed by atoms with Crippen molar-refractivity contribution in [2.75, 3.05) is 0 Å². The molecule has 0 N–H and O–H groups in total. The Morgan fingerprint density at radius 2 is 2.09 bits per heavy atom. The second kappa shape index (κ2) is 4.77. The Kier molecular flexibility index (Phi) is 4.30. The minimum atomic E-state index is 0.825. The van der Waals surface area contributed by atoms with Crippen LogP contribution in [0.2, 0.25) is 0 Å². The van der Waals surface area contributed by atoms with Gasteiger partial charge < -0.3 is 0 Å². The molecule has 0 radical (unpaired) electrons. The topological polar surface area (TPSA) is 12.9 Å². The average Bonchev–Trinajstić information content (AvgIpc) is 2.04. The highest BCUT2D eigenvalue weighted by Crippen LogP contribution is 2.16. The lowest BCUT2D eigenvalue weighted by atomic mass is 10.3. The number of hydrogen-bond donors (Lipinski definition) is 0. The average molecular weight is 391 g/mol. The van der Waals surface area contributed by atoms with Crippen LogP contribution in [-0.2, 0) is 10.7 Å². The predicted octanol–water partition coefficient (Wildman–Crippen LogP) is 3.48. The Hall–Kier alpha value is 0.840. The highest BCUT2D eigenvalue weighted by atomic mass is 127. The van der Waals surface area contributed by atoms with Gasteiger partial charge in [0.2, 0.25) is 0 Å². The van der Waals surface area contributed by atoms with E-state index in [0.29, 0.717) is 0 Å². The van der Waals surface area contributed by atoms with Crippen molar-refractivity contribution in [3.63, 3.8) is 0 Å². The molecule has 0 unspecified atom stereocenters. The van der Waals surface area contributed by atoms with Gasteiger partial charge in [-0.2, -0.15) is 0 Å². The number of hydrogen-bond acceptors (Lipinski definition) is 1. The van der Waals surface area contributed by atoms with Crippen molar-refractivity contribution in [2.24, 2.45) is 0 Å². The number of aromatic nitrogens is 1. The van der Waals surface area contributed by atoms with Gasteiger partial charge in [-0.15, -0.1) is 0 Å². The van der Waals surface area contributed by atoms with Gasteiger partial charge in [0.05, 0.1) is 5.69 Å². The summed E-state index contributed by atoms with van der Waals surface area (Å²) < 4.78 is 1.27. The molecule has 11 heavy (non-hydrogen) atoms. The van der Waals surface area contributed by atoms with E-state index < -0.39 is 0 Å². The van der Waals surface area contributed by atoms with Crippen LogP contribution in [0.25, 0.3) is 0 Å². The Labute approximate surface area is 96.4 Å². The largest absolute Gasteiger partial charge is 0.260 e. The van der Waals surface area contributed by atoms with Crippen LogP contribution in [0.5, 0.6) is 0 Å². The summed E-state index contributed by atoms with van der Waals surface area (Å²) in [6.07, 6.45) is 1.91. The van der Waals surface area contributed by atoms with Gasteiger partial charge in [0, 0.05) is 20.4 Å². The van der Waals surface area contributed by atoms with E-state index in [2.05, 4.69) is 65.5 Å². The Balaban J connectivity index is 2.99. The maximum atomic E-state index is 4.25. The van der Waals surface area contributed by atoms with Gasteiger partial charge in [-0.1, -0.05) is 31.9 Å². The van der Waals surface area contributed by atoms with Gasteiger partial charge >= 0.3 is 0 Å². The molecule has 1 aromatic rings. The maximum Gasteiger partial charge on any atom is 0.0519 e. The summed E-state index contributed by atoms with van der Waals surface area (Å²) >= 11 is 9.08. The fourth-order valence-corrected chi connectivity index (χ4v) is 2.64. The third-order valence-electron chi connectivity index (χ3n) is 1.27. The first-order valence-corrected chi connectivity index (χ1v) is 6.35. The summed E-state index contributed by atoms with van der Waals surface area (Å²) in [6.45, 7) is 0. The first-order chi connectivity index (χ1) is 5.27. The summed E-state index contributed by atoms with van der Waals surface area (Å²) in [5.74, 6) is 0. The zero-order chi connectivity index (χ0) is 8.27. The summed E-state index contributed by atoms with van der Waals surface area (Å²) in [5, 5.41) is 1.70. The molecule has 0 amide bonds. The minimum Gasteiger partial charge on any atom is -0.260 e. The van der Waals surface area contributed by atoms with Crippen LogP contribution >= 0.6 is 54.5 Å². The normalized spacial score (nSPS) is 10.1. The SMILES string of the molecule is BrCc1cc(I)c(CBr)cn1. The highest BCUT2D eigenvalue weighted by molar-refractivity contribution is 14.1. The smallest absolute Gasteiger partial charge is 0.0519 e. The first kappa shape index (κ1) is 9.92. The highest BCUT2D eigenvalue weighted by Gasteiger charge is 1.99. The first-order valence-electron chi connectivity index (χ1n) is 3.03. The molecule has 0 aliphatic carbocycles. The molecule has 1 aromatic heterocycles. The summed E-state index contributed by atoms with van der Waals surface area (Å²) in [5.41, 5.74) is 2.33. The zero-order valence-corrected chi connectivity index (χ0v) is 11.0. The van der Waals surface area contributed by atoms with E-state index in [4.69, 9.17) is 0 Å². The molecular formula is C7H6Br2IN. The van der Waals surface area contributed by atoms with Crippen LogP contribution in [0.1, 0.15) is 11.3 Å². The maximum absolute atomic E-state index is 4.25. The lowest BCUT2D eigenvalue weighted by molar-refractivity contribution is 1.14. The number of halogens is 3. The van der Waals surface area contributed by atoms with Crippen LogP contribution in [-0.4, -0.2) is 4.98 Å². The minimum absolute atomic E-state index is 0.825. The van der Waals surface area contributed by atoms with E-state index >= 15 is 0 Å². The van der Waals surface area contributed by atoms with E-state index in [0.717, 1.165) is 16.4 Å². The number of rotatable bonds is 2. The fourth-order valence-electron chi connectivity index (χ4n) is 0.670. The van der Waals surface area contributed by atoms with Crippen molar-refractivity contribution >= 4 is 54.5 Å². The van der Waals surface area contributed by atoms with Gasteiger partial charge in [0.1, 0.15) is 0 Å². The van der Waals surface area contributed by atoms with Crippen LogP contribution in [0, 0.1) is 3.57 Å². The van der Waals surface area contributed by atoms with Crippen molar-refractivity contribution < 1.29 is 0 Å². The van der Waals surface area contributed by atoms with Crippen molar-refractivity contribution in [1.82, 2.24) is 4.98 Å². The van der Waals surface area contributed by atoms with Crippen LogP contribution in [0.15, 0.2) is 12.3 Å². The lowest BCUT2D eigenvalue weighted by Gasteiger charge is -2.00. The Bertz CT molecular complexity index is 252. The fraction of sp³-hybridized carbons (Fsp3) is 0.286. The molecule has 0 saturated carbocycles. The van der Waals surface area contributed by atoms with Crippen molar-refractivity contribution in [3.05, 3.63) is 27.1 Å². The molecule has 1 nitrogen and oxygen atoms in total. The van der Waals surface area contributed by atoms with Gasteiger partial charge in [0.25, 0.3) is 0 Å². The second-order valence-electron chi connectivity index (χ2n) is 2.03. The molecule has 0 spiro atoms. The van der Waals surface area contributed by atoms with E-state index in [1.807, 2.05) is 6.20 Å². The summed E-state index contributed by atoms with van der Waals surface area (Å²) in [7, 11) is 0. The van der Waals surface area contributed by atoms with E-state index in [1.54, 1.807) is 0 Å². The lowest BCUT2D eigenvalue weighted by Crippen LogP contribution is -1.90. The van der Waals surface area contributed by atoms with Crippen molar-refractivity contribution in [2.45, 2.75) is 10.7 Å². The van der Waals surface area contributed by atoms with Crippen molar-refractivity contribution in [1.29, 1.82) is 0 Å². The molecule has 60 valence electrons. The quantitative estimate of drug-likeness (QED) is 0.556. The molecule has 4 heteroatoms. The summed E-state index contributed by atoms with van der Waals surface area (Å²) in [6, 6.07) is 2.09. The number of pyridine rings is 1. The predicted molar refractivity (Wildman–Crippen MR) is 62.2 cm³/mol. The van der Waals surface area contributed by atoms with Crippen molar-refractivity contribution in [3.8, 4) is 0 Å².